The van der Waals surface area contributed by atoms with Gasteiger partial charge in [0, 0.05) is 36.4 Å². The summed E-state index contributed by atoms with van der Waals surface area (Å²) in [4.78, 5) is 10.6. The first-order valence-corrected chi connectivity index (χ1v) is 5.11. The Hall–Kier alpha value is -0.420. The zero-order valence-electron chi connectivity index (χ0n) is 6.85. The molecule has 4 nitrogen and oxygen atoms in total. The van der Waals surface area contributed by atoms with Gasteiger partial charge in [0.2, 0.25) is 5.91 Å². The summed E-state index contributed by atoms with van der Waals surface area (Å²) in [6, 6.07) is 0. The van der Waals surface area contributed by atoms with Crippen molar-refractivity contribution in [1.29, 1.82) is 0 Å². The number of amides is 1. The molecular formula is C6H14N2O2S. The van der Waals surface area contributed by atoms with Crippen LogP contribution in [0.4, 0.5) is 0 Å². The smallest absolute Gasteiger partial charge is 0.233 e. The fourth-order valence-corrected chi connectivity index (χ4v) is 0.938. The van der Waals surface area contributed by atoms with E-state index in [-0.39, 0.29) is 5.91 Å². The lowest BCUT2D eigenvalue weighted by Gasteiger charge is -2.00. The molecule has 0 heterocycles. The Bertz CT molecular complexity index is 150. The first-order valence-electron chi connectivity index (χ1n) is 3.38. The second-order valence-electron chi connectivity index (χ2n) is 2.13. The molecule has 0 aliphatic heterocycles. The highest BCUT2D eigenvalue weighted by Crippen LogP contribution is 1.70. The minimum absolute atomic E-state index is 0.0492. The summed E-state index contributed by atoms with van der Waals surface area (Å²) in [7, 11) is 0.809. The molecule has 0 rings (SSSR count). The third kappa shape index (κ3) is 7.48. The molecule has 0 aliphatic rings. The van der Waals surface area contributed by atoms with E-state index in [0.29, 0.717) is 18.8 Å². The average molecular weight is 178 g/mol. The Morgan fingerprint density at radius 3 is 2.64 bits per heavy atom. The van der Waals surface area contributed by atoms with E-state index >= 15 is 0 Å². The maximum absolute atomic E-state index is 10.6. The van der Waals surface area contributed by atoms with Gasteiger partial charge in [-0.05, 0) is 0 Å². The molecule has 0 aromatic rings. The van der Waals surface area contributed by atoms with Gasteiger partial charge in [-0.15, -0.1) is 0 Å². The van der Waals surface area contributed by atoms with Crippen LogP contribution in [0.3, 0.4) is 0 Å². The number of nitrogens with one attached hydrogen (secondary N) is 2. The quantitative estimate of drug-likeness (QED) is 0.514. The van der Waals surface area contributed by atoms with Crippen LogP contribution >= 0.6 is 0 Å². The molecule has 0 saturated carbocycles. The van der Waals surface area contributed by atoms with Gasteiger partial charge in [-0.3, -0.25) is 9.00 Å². The largest absolute Gasteiger partial charge is 0.358 e. The lowest BCUT2D eigenvalue weighted by Crippen LogP contribution is -2.33. The Labute approximate surface area is 69.2 Å². The lowest BCUT2D eigenvalue weighted by atomic mass is 10.6. The molecule has 0 saturated heterocycles. The lowest BCUT2D eigenvalue weighted by molar-refractivity contribution is -0.119. The highest BCUT2D eigenvalue weighted by molar-refractivity contribution is 7.84. The zero-order valence-corrected chi connectivity index (χ0v) is 7.66. The van der Waals surface area contributed by atoms with E-state index in [4.69, 9.17) is 0 Å². The van der Waals surface area contributed by atoms with Crippen molar-refractivity contribution in [3.8, 4) is 0 Å². The Morgan fingerprint density at radius 1 is 1.55 bits per heavy atom. The second kappa shape index (κ2) is 6.30. The maximum atomic E-state index is 10.6. The monoisotopic (exact) mass is 178 g/mol. The molecule has 0 aromatic heterocycles. The summed E-state index contributed by atoms with van der Waals surface area (Å²) >= 11 is 0. The van der Waals surface area contributed by atoms with Crippen molar-refractivity contribution in [2.75, 3.05) is 32.1 Å². The molecule has 1 atom stereocenters. The topological polar surface area (TPSA) is 58.2 Å². The third-order valence-corrected chi connectivity index (χ3v) is 1.91. The van der Waals surface area contributed by atoms with Gasteiger partial charge in [-0.25, -0.2) is 0 Å². The van der Waals surface area contributed by atoms with Gasteiger partial charge >= 0.3 is 0 Å². The Balaban J connectivity index is 3.14. The van der Waals surface area contributed by atoms with Crippen LogP contribution in [0.25, 0.3) is 0 Å². The van der Waals surface area contributed by atoms with E-state index in [1.165, 1.54) is 0 Å². The second-order valence-corrected chi connectivity index (χ2v) is 3.68. The van der Waals surface area contributed by atoms with Gasteiger partial charge in [-0.1, -0.05) is 0 Å². The summed E-state index contributed by atoms with van der Waals surface area (Å²) in [5, 5.41) is 5.34. The predicted octanol–water partition coefficient (Wildman–Crippen LogP) is -1.30. The van der Waals surface area contributed by atoms with Gasteiger partial charge in [0.05, 0.1) is 6.54 Å². The molecule has 1 amide bonds. The van der Waals surface area contributed by atoms with E-state index in [2.05, 4.69) is 10.6 Å². The average Bonchev–Trinajstić information content (AvgIpc) is 1.97. The molecule has 0 aromatic carbocycles. The van der Waals surface area contributed by atoms with Gasteiger partial charge in [0.15, 0.2) is 0 Å². The van der Waals surface area contributed by atoms with Crippen molar-refractivity contribution in [3.05, 3.63) is 0 Å². The fraction of sp³-hybridized carbons (Fsp3) is 0.833. The molecular weight excluding hydrogens is 164 g/mol. The van der Waals surface area contributed by atoms with E-state index in [1.807, 2.05) is 0 Å². The molecule has 11 heavy (non-hydrogen) atoms. The van der Waals surface area contributed by atoms with Crippen LogP contribution in [0.5, 0.6) is 0 Å². The Kier molecular flexibility index (Phi) is 6.06. The van der Waals surface area contributed by atoms with Crippen LogP contribution in [0.2, 0.25) is 0 Å². The minimum atomic E-state index is -0.776. The van der Waals surface area contributed by atoms with Gasteiger partial charge in [0.1, 0.15) is 0 Å². The van der Waals surface area contributed by atoms with Crippen molar-refractivity contribution in [2.45, 2.75) is 0 Å². The van der Waals surface area contributed by atoms with Crippen LogP contribution in [-0.4, -0.2) is 42.3 Å². The first-order chi connectivity index (χ1) is 5.16. The SMILES string of the molecule is CNC(=O)CNCCS(C)=O. The van der Waals surface area contributed by atoms with Crippen LogP contribution in [-0.2, 0) is 15.6 Å². The number of hydrogen-bond acceptors (Lipinski definition) is 3. The molecule has 0 radical (unpaired) electrons. The van der Waals surface area contributed by atoms with E-state index in [9.17, 15) is 9.00 Å². The van der Waals surface area contributed by atoms with Crippen LogP contribution in [0.15, 0.2) is 0 Å². The summed E-state index contributed by atoms with van der Waals surface area (Å²) in [5.41, 5.74) is 0. The van der Waals surface area contributed by atoms with Gasteiger partial charge < -0.3 is 10.6 Å². The number of carbonyl (C=O) groups excluding carboxylic acids is 1. The van der Waals surface area contributed by atoms with Crippen molar-refractivity contribution in [3.63, 3.8) is 0 Å². The highest BCUT2D eigenvalue weighted by Gasteiger charge is 1.95. The number of hydrogen-bond donors (Lipinski definition) is 2. The molecule has 0 spiro atoms. The van der Waals surface area contributed by atoms with Crippen molar-refractivity contribution < 1.29 is 9.00 Å². The molecule has 5 heteroatoms. The number of likely N-dealkylation sites (N-methyl/N-ethyl adjacent to an activating group) is 1. The van der Waals surface area contributed by atoms with Crippen LogP contribution in [0, 0.1) is 0 Å². The fourth-order valence-electron chi connectivity index (χ4n) is 0.506. The van der Waals surface area contributed by atoms with Crippen molar-refractivity contribution in [2.24, 2.45) is 0 Å². The zero-order chi connectivity index (χ0) is 8.69. The number of rotatable bonds is 5. The molecule has 1 unspecified atom stereocenters. The standard InChI is InChI=1S/C6H14N2O2S/c1-7-6(9)5-8-3-4-11(2)10/h8H,3-5H2,1-2H3,(H,7,9). The Morgan fingerprint density at radius 2 is 2.18 bits per heavy atom. The molecule has 0 aliphatic carbocycles. The summed E-state index contributed by atoms with van der Waals surface area (Å²) in [6.07, 6.45) is 1.64. The van der Waals surface area contributed by atoms with E-state index in [1.54, 1.807) is 13.3 Å². The van der Waals surface area contributed by atoms with E-state index < -0.39 is 10.8 Å². The van der Waals surface area contributed by atoms with E-state index in [0.717, 1.165) is 0 Å². The summed E-state index contributed by atoms with van der Waals surface area (Å²) < 4.78 is 10.5. The van der Waals surface area contributed by atoms with Gasteiger partial charge in [-0.2, -0.15) is 0 Å². The maximum Gasteiger partial charge on any atom is 0.233 e. The normalized spacial score (nSPS) is 12.5. The van der Waals surface area contributed by atoms with Gasteiger partial charge in [0.25, 0.3) is 0 Å². The molecule has 0 fully saturated rings. The van der Waals surface area contributed by atoms with Crippen LogP contribution < -0.4 is 10.6 Å². The predicted molar refractivity (Wildman–Crippen MR) is 45.9 cm³/mol. The molecule has 66 valence electrons. The summed E-state index contributed by atoms with van der Waals surface area (Å²) in [6.45, 7) is 0.921. The minimum Gasteiger partial charge on any atom is -0.358 e. The number of carbonyl (C=O) groups is 1. The first kappa shape index (κ1) is 10.6. The van der Waals surface area contributed by atoms with Crippen LogP contribution in [0.1, 0.15) is 0 Å². The summed E-state index contributed by atoms with van der Waals surface area (Å²) in [5.74, 6) is 0.545. The van der Waals surface area contributed by atoms with Crippen molar-refractivity contribution in [1.82, 2.24) is 10.6 Å². The highest BCUT2D eigenvalue weighted by atomic mass is 32.2. The molecule has 2 N–H and O–H groups in total. The molecule has 0 bridgehead atoms. The van der Waals surface area contributed by atoms with Crippen molar-refractivity contribution >= 4 is 16.7 Å². The third-order valence-electron chi connectivity index (χ3n) is 1.13.